The van der Waals surface area contributed by atoms with Gasteiger partial charge in [0.2, 0.25) is 0 Å². The van der Waals surface area contributed by atoms with Crippen LogP contribution >= 0.6 is 11.6 Å². The average molecular weight is 268 g/mol. The highest BCUT2D eigenvalue weighted by Gasteiger charge is 2.04. The van der Waals surface area contributed by atoms with Gasteiger partial charge < -0.3 is 0 Å². The van der Waals surface area contributed by atoms with E-state index in [0.717, 1.165) is 28.3 Å². The standard InChI is InChI=1S/C16H10ClNO/c17-15-8-11(5-6-13(15)10-19)14-7-12-3-1-2-4-16(12)18-9-14/h1-10H. The highest BCUT2D eigenvalue weighted by molar-refractivity contribution is 6.33. The van der Waals surface area contributed by atoms with E-state index in [2.05, 4.69) is 11.1 Å². The Bertz CT molecular complexity index is 768. The van der Waals surface area contributed by atoms with E-state index < -0.39 is 0 Å². The smallest absolute Gasteiger partial charge is 0.151 e. The van der Waals surface area contributed by atoms with E-state index in [-0.39, 0.29) is 0 Å². The Morgan fingerprint density at radius 2 is 1.84 bits per heavy atom. The fourth-order valence-corrected chi connectivity index (χ4v) is 2.26. The van der Waals surface area contributed by atoms with Crippen LogP contribution in [0, 0.1) is 0 Å². The van der Waals surface area contributed by atoms with Crippen molar-refractivity contribution in [3.05, 3.63) is 65.3 Å². The Morgan fingerprint density at radius 1 is 1.00 bits per heavy atom. The number of rotatable bonds is 2. The summed E-state index contributed by atoms with van der Waals surface area (Å²) in [6, 6.07) is 15.4. The van der Waals surface area contributed by atoms with Crippen LogP contribution in [-0.4, -0.2) is 11.3 Å². The van der Waals surface area contributed by atoms with Crippen LogP contribution in [0.25, 0.3) is 22.0 Å². The third kappa shape index (κ3) is 2.23. The van der Waals surface area contributed by atoms with E-state index in [1.54, 1.807) is 12.1 Å². The molecule has 0 N–H and O–H groups in total. The third-order valence-corrected chi connectivity index (χ3v) is 3.38. The monoisotopic (exact) mass is 267 g/mol. The lowest BCUT2D eigenvalue weighted by atomic mass is 10.0. The molecule has 0 amide bonds. The van der Waals surface area contributed by atoms with E-state index in [4.69, 9.17) is 11.6 Å². The molecule has 2 nitrogen and oxygen atoms in total. The number of pyridine rings is 1. The number of nitrogens with zero attached hydrogens (tertiary/aromatic N) is 1. The molecule has 0 spiro atoms. The SMILES string of the molecule is O=Cc1ccc(-c2cnc3ccccc3c2)cc1Cl. The zero-order valence-electron chi connectivity index (χ0n) is 10.0. The first-order chi connectivity index (χ1) is 9.28. The summed E-state index contributed by atoms with van der Waals surface area (Å²) in [6.45, 7) is 0. The van der Waals surface area contributed by atoms with Gasteiger partial charge in [-0.2, -0.15) is 0 Å². The van der Waals surface area contributed by atoms with Crippen LogP contribution in [-0.2, 0) is 0 Å². The largest absolute Gasteiger partial charge is 0.298 e. The summed E-state index contributed by atoms with van der Waals surface area (Å²) in [5, 5.41) is 1.54. The lowest BCUT2D eigenvalue weighted by Crippen LogP contribution is -1.86. The molecule has 0 saturated carbocycles. The number of halogens is 1. The van der Waals surface area contributed by atoms with Crippen molar-refractivity contribution < 1.29 is 4.79 Å². The van der Waals surface area contributed by atoms with Crippen molar-refractivity contribution in [3.63, 3.8) is 0 Å². The highest BCUT2D eigenvalue weighted by atomic mass is 35.5. The zero-order chi connectivity index (χ0) is 13.2. The number of hydrogen-bond acceptors (Lipinski definition) is 2. The van der Waals surface area contributed by atoms with E-state index in [1.807, 2.05) is 36.5 Å². The van der Waals surface area contributed by atoms with Crippen molar-refractivity contribution in [2.45, 2.75) is 0 Å². The number of fused-ring (bicyclic) bond motifs is 1. The van der Waals surface area contributed by atoms with Crippen molar-refractivity contribution in [1.82, 2.24) is 4.98 Å². The van der Waals surface area contributed by atoms with Crippen molar-refractivity contribution in [2.75, 3.05) is 0 Å². The minimum atomic E-state index is 0.459. The lowest BCUT2D eigenvalue weighted by molar-refractivity contribution is 0.112. The Balaban J connectivity index is 2.13. The molecule has 0 unspecified atom stereocenters. The average Bonchev–Trinajstić information content (AvgIpc) is 2.46. The minimum absolute atomic E-state index is 0.459. The first-order valence-electron chi connectivity index (χ1n) is 5.88. The molecule has 19 heavy (non-hydrogen) atoms. The molecule has 2 aromatic carbocycles. The van der Waals surface area contributed by atoms with Crippen molar-refractivity contribution in [3.8, 4) is 11.1 Å². The van der Waals surface area contributed by atoms with Gasteiger partial charge in [-0.3, -0.25) is 9.78 Å². The highest BCUT2D eigenvalue weighted by Crippen LogP contribution is 2.26. The van der Waals surface area contributed by atoms with Crippen LogP contribution in [0.4, 0.5) is 0 Å². The second-order valence-electron chi connectivity index (χ2n) is 4.27. The number of carbonyl (C=O) groups excluding carboxylic acids is 1. The van der Waals surface area contributed by atoms with Crippen LogP contribution < -0.4 is 0 Å². The predicted octanol–water partition coefficient (Wildman–Crippen LogP) is 4.37. The van der Waals surface area contributed by atoms with Crippen LogP contribution in [0.3, 0.4) is 0 Å². The summed E-state index contributed by atoms with van der Waals surface area (Å²) in [5.74, 6) is 0. The second kappa shape index (κ2) is 4.82. The second-order valence-corrected chi connectivity index (χ2v) is 4.68. The number of benzene rings is 2. The van der Waals surface area contributed by atoms with Crippen LogP contribution in [0.15, 0.2) is 54.7 Å². The number of aldehydes is 1. The third-order valence-electron chi connectivity index (χ3n) is 3.05. The molecule has 3 rings (SSSR count). The topological polar surface area (TPSA) is 30.0 Å². The van der Waals surface area contributed by atoms with Gasteiger partial charge in [0, 0.05) is 22.7 Å². The molecule has 0 atom stereocenters. The molecule has 0 aliphatic rings. The van der Waals surface area contributed by atoms with Gasteiger partial charge in [-0.05, 0) is 29.8 Å². The maximum Gasteiger partial charge on any atom is 0.151 e. The molecular formula is C16H10ClNO. The van der Waals surface area contributed by atoms with Gasteiger partial charge in [0.15, 0.2) is 6.29 Å². The maximum absolute atomic E-state index is 10.8. The van der Waals surface area contributed by atoms with E-state index >= 15 is 0 Å². The molecule has 0 bridgehead atoms. The van der Waals surface area contributed by atoms with E-state index in [1.165, 1.54) is 0 Å². The maximum atomic E-state index is 10.8. The van der Waals surface area contributed by atoms with Crippen molar-refractivity contribution in [1.29, 1.82) is 0 Å². The molecule has 0 fully saturated rings. The minimum Gasteiger partial charge on any atom is -0.298 e. The van der Waals surface area contributed by atoms with E-state index in [9.17, 15) is 4.79 Å². The van der Waals surface area contributed by atoms with Gasteiger partial charge in [-0.1, -0.05) is 35.9 Å². The molecule has 0 aliphatic carbocycles. The summed E-state index contributed by atoms with van der Waals surface area (Å²) < 4.78 is 0. The Morgan fingerprint density at radius 3 is 2.63 bits per heavy atom. The van der Waals surface area contributed by atoms with Crippen molar-refractivity contribution in [2.24, 2.45) is 0 Å². The summed E-state index contributed by atoms with van der Waals surface area (Å²) in [4.78, 5) is 15.2. The van der Waals surface area contributed by atoms with Gasteiger partial charge in [0.05, 0.1) is 10.5 Å². The van der Waals surface area contributed by atoms with Crippen LogP contribution in [0.5, 0.6) is 0 Å². The number of aromatic nitrogens is 1. The van der Waals surface area contributed by atoms with Crippen LogP contribution in [0.2, 0.25) is 5.02 Å². The van der Waals surface area contributed by atoms with Gasteiger partial charge >= 0.3 is 0 Å². The molecule has 3 aromatic rings. The van der Waals surface area contributed by atoms with Gasteiger partial charge in [-0.25, -0.2) is 0 Å². The summed E-state index contributed by atoms with van der Waals surface area (Å²) in [5.41, 5.74) is 3.40. The Labute approximate surface area is 115 Å². The quantitative estimate of drug-likeness (QED) is 0.646. The van der Waals surface area contributed by atoms with Gasteiger partial charge in [0.1, 0.15) is 0 Å². The fraction of sp³-hybridized carbons (Fsp3) is 0. The summed E-state index contributed by atoms with van der Waals surface area (Å²) >= 11 is 6.05. The molecular weight excluding hydrogens is 258 g/mol. The molecule has 1 heterocycles. The molecule has 1 aromatic heterocycles. The van der Waals surface area contributed by atoms with Gasteiger partial charge in [0.25, 0.3) is 0 Å². The Kier molecular flexibility index (Phi) is 3.02. The molecule has 0 saturated heterocycles. The van der Waals surface area contributed by atoms with Gasteiger partial charge in [-0.15, -0.1) is 0 Å². The summed E-state index contributed by atoms with van der Waals surface area (Å²) in [7, 11) is 0. The lowest BCUT2D eigenvalue weighted by Gasteiger charge is -2.05. The summed E-state index contributed by atoms with van der Waals surface area (Å²) in [6.07, 6.45) is 2.57. The first kappa shape index (κ1) is 11.9. The molecule has 92 valence electrons. The van der Waals surface area contributed by atoms with Crippen molar-refractivity contribution >= 4 is 28.8 Å². The molecule has 3 heteroatoms. The van der Waals surface area contributed by atoms with E-state index in [0.29, 0.717) is 10.6 Å². The Hall–Kier alpha value is -2.19. The number of carbonyl (C=O) groups is 1. The predicted molar refractivity (Wildman–Crippen MR) is 77.6 cm³/mol. The fourth-order valence-electron chi connectivity index (χ4n) is 2.03. The number of hydrogen-bond donors (Lipinski definition) is 0. The molecule has 0 aliphatic heterocycles. The zero-order valence-corrected chi connectivity index (χ0v) is 10.8. The first-order valence-corrected chi connectivity index (χ1v) is 6.25. The normalized spacial score (nSPS) is 10.6. The van der Waals surface area contributed by atoms with Crippen LogP contribution in [0.1, 0.15) is 10.4 Å². The number of para-hydroxylation sites is 1. The molecule has 0 radical (unpaired) electrons.